The van der Waals surface area contributed by atoms with E-state index in [9.17, 15) is 9.59 Å². The van der Waals surface area contributed by atoms with Gasteiger partial charge in [-0.05, 0) is 90.0 Å². The number of methoxy groups -OCH3 is 1. The van der Waals surface area contributed by atoms with Crippen molar-refractivity contribution in [1.29, 1.82) is 0 Å². The van der Waals surface area contributed by atoms with Crippen LogP contribution in [0.25, 0.3) is 17.2 Å². The Morgan fingerprint density at radius 2 is 1.53 bits per heavy atom. The van der Waals surface area contributed by atoms with Crippen LogP contribution >= 0.6 is 0 Å². The number of carboxylic acids is 2. The van der Waals surface area contributed by atoms with Gasteiger partial charge in [-0.15, -0.1) is 0 Å². The molecule has 0 saturated carbocycles. The highest BCUT2D eigenvalue weighted by Crippen LogP contribution is 2.50. The van der Waals surface area contributed by atoms with Crippen LogP contribution in [0.1, 0.15) is 82.9 Å². The van der Waals surface area contributed by atoms with Crippen molar-refractivity contribution < 1.29 is 29.3 Å². The minimum absolute atomic E-state index is 0.00300. The molecule has 0 atom stereocenters. The Labute approximate surface area is 214 Å². The Hall–Kier alpha value is -3.28. The largest absolute Gasteiger partial charge is 0.496 e. The fourth-order valence-corrected chi connectivity index (χ4v) is 4.87. The number of unbranched alkanes of at least 4 members (excludes halogenated alkanes) is 2. The molecule has 2 aromatic carbocycles. The molecule has 2 N–H and O–H groups in total. The van der Waals surface area contributed by atoms with E-state index in [-0.39, 0.29) is 17.3 Å². The summed E-state index contributed by atoms with van der Waals surface area (Å²) in [5.74, 6) is -0.337. The second kappa shape index (κ2) is 11.2. The lowest BCUT2D eigenvalue weighted by Crippen LogP contribution is -2.34. The predicted octanol–water partition coefficient (Wildman–Crippen LogP) is 6.83. The molecule has 6 nitrogen and oxygen atoms in total. The van der Waals surface area contributed by atoms with E-state index < -0.39 is 11.9 Å². The zero-order valence-corrected chi connectivity index (χ0v) is 22.0. The van der Waals surface area contributed by atoms with Crippen molar-refractivity contribution in [3.63, 3.8) is 0 Å². The molecular weight excluding hydrogens is 456 g/mol. The number of benzene rings is 2. The van der Waals surface area contributed by atoms with Crippen LogP contribution in [-0.2, 0) is 20.4 Å². The summed E-state index contributed by atoms with van der Waals surface area (Å²) >= 11 is 0. The van der Waals surface area contributed by atoms with E-state index in [1.54, 1.807) is 13.2 Å². The summed E-state index contributed by atoms with van der Waals surface area (Å²) in [4.78, 5) is 21.9. The number of hydrogen-bond donors (Lipinski definition) is 2. The molecule has 0 unspecified atom stereocenters. The van der Waals surface area contributed by atoms with E-state index in [1.807, 2.05) is 18.2 Å². The van der Waals surface area contributed by atoms with Gasteiger partial charge in [-0.25, -0.2) is 4.79 Å². The van der Waals surface area contributed by atoms with Crippen LogP contribution in [0.4, 0.5) is 0 Å². The third-order valence-electron chi connectivity index (χ3n) is 7.18. The van der Waals surface area contributed by atoms with E-state index >= 15 is 0 Å². The number of ether oxygens (including phenoxy) is 2. The summed E-state index contributed by atoms with van der Waals surface area (Å²) in [6.07, 6.45) is 7.19. The van der Waals surface area contributed by atoms with Crippen molar-refractivity contribution in [2.45, 2.75) is 77.0 Å². The van der Waals surface area contributed by atoms with Gasteiger partial charge in [0, 0.05) is 23.6 Å². The third kappa shape index (κ3) is 6.48. The number of fused-ring (bicyclic) bond motifs is 1. The molecule has 0 spiro atoms. The first-order chi connectivity index (χ1) is 16.9. The second-order valence-corrected chi connectivity index (χ2v) is 10.8. The standard InChI is InChI=1S/C30H38O6/c1-29(2)14-15-30(3,4)24-19-26(36-16-8-6-7-9-27(31)32)22(18-23(24)29)21-17-20(11-13-28(33)34)10-12-25(21)35-5/h10-13,17-19H,6-9,14-16H2,1-5H3,(H,31,32)(H,33,34). The van der Waals surface area contributed by atoms with Crippen LogP contribution in [0, 0.1) is 0 Å². The van der Waals surface area contributed by atoms with Crippen molar-refractivity contribution in [2.24, 2.45) is 0 Å². The molecule has 0 aliphatic heterocycles. The van der Waals surface area contributed by atoms with Crippen molar-refractivity contribution in [2.75, 3.05) is 13.7 Å². The lowest BCUT2D eigenvalue weighted by molar-refractivity contribution is -0.137. The molecule has 36 heavy (non-hydrogen) atoms. The molecule has 0 radical (unpaired) electrons. The van der Waals surface area contributed by atoms with E-state index in [4.69, 9.17) is 19.7 Å². The zero-order valence-electron chi connectivity index (χ0n) is 22.0. The van der Waals surface area contributed by atoms with Gasteiger partial charge in [-0.3, -0.25) is 4.79 Å². The lowest BCUT2D eigenvalue weighted by Gasteiger charge is -2.42. The number of rotatable bonds is 11. The molecule has 0 fully saturated rings. The van der Waals surface area contributed by atoms with Crippen LogP contribution in [-0.4, -0.2) is 35.9 Å². The van der Waals surface area contributed by atoms with E-state index in [1.165, 1.54) is 11.1 Å². The SMILES string of the molecule is COc1ccc(C=CC(=O)O)cc1-c1cc2c(cc1OCCCCCC(=O)O)C(C)(C)CCC2(C)C. The summed E-state index contributed by atoms with van der Waals surface area (Å²) in [6, 6.07) is 10.00. The van der Waals surface area contributed by atoms with Crippen LogP contribution in [0.3, 0.4) is 0 Å². The molecule has 2 aromatic rings. The molecule has 0 bridgehead atoms. The second-order valence-electron chi connectivity index (χ2n) is 10.8. The molecule has 0 amide bonds. The number of carboxylic acid groups (broad SMARTS) is 2. The zero-order chi connectivity index (χ0) is 26.5. The maximum absolute atomic E-state index is 11.1. The number of carbonyl (C=O) groups is 2. The quantitative estimate of drug-likeness (QED) is 0.263. The summed E-state index contributed by atoms with van der Waals surface area (Å²) in [6.45, 7) is 9.58. The molecule has 3 rings (SSSR count). The van der Waals surface area contributed by atoms with Gasteiger partial charge in [0.2, 0.25) is 0 Å². The maximum Gasteiger partial charge on any atom is 0.328 e. The minimum Gasteiger partial charge on any atom is -0.496 e. The Morgan fingerprint density at radius 1 is 0.889 bits per heavy atom. The van der Waals surface area contributed by atoms with Crippen molar-refractivity contribution >= 4 is 18.0 Å². The molecular formula is C30H38O6. The first kappa shape index (κ1) is 27.3. The maximum atomic E-state index is 11.1. The van der Waals surface area contributed by atoms with Crippen LogP contribution in [0.15, 0.2) is 36.4 Å². The van der Waals surface area contributed by atoms with E-state index in [2.05, 4.69) is 39.8 Å². The van der Waals surface area contributed by atoms with Gasteiger partial charge in [0.05, 0.1) is 13.7 Å². The van der Waals surface area contributed by atoms with E-state index in [0.29, 0.717) is 18.8 Å². The highest BCUT2D eigenvalue weighted by atomic mass is 16.5. The monoisotopic (exact) mass is 494 g/mol. The molecule has 6 heteroatoms. The number of hydrogen-bond acceptors (Lipinski definition) is 4. The van der Waals surface area contributed by atoms with Crippen LogP contribution < -0.4 is 9.47 Å². The van der Waals surface area contributed by atoms with Gasteiger partial charge in [0.1, 0.15) is 11.5 Å². The van der Waals surface area contributed by atoms with Gasteiger partial charge in [0.25, 0.3) is 0 Å². The highest BCUT2D eigenvalue weighted by molar-refractivity contribution is 5.86. The Morgan fingerprint density at radius 3 is 2.14 bits per heavy atom. The highest BCUT2D eigenvalue weighted by Gasteiger charge is 2.38. The van der Waals surface area contributed by atoms with Gasteiger partial charge in [0.15, 0.2) is 0 Å². The van der Waals surface area contributed by atoms with Gasteiger partial charge in [-0.2, -0.15) is 0 Å². The van der Waals surface area contributed by atoms with Gasteiger partial charge in [-0.1, -0.05) is 33.8 Å². The van der Waals surface area contributed by atoms with Crippen molar-refractivity contribution in [1.82, 2.24) is 0 Å². The molecule has 194 valence electrons. The Kier molecular flexibility index (Phi) is 8.49. The smallest absolute Gasteiger partial charge is 0.328 e. The Balaban J connectivity index is 2.08. The fourth-order valence-electron chi connectivity index (χ4n) is 4.87. The fraction of sp³-hybridized carbons (Fsp3) is 0.467. The van der Waals surface area contributed by atoms with Gasteiger partial charge < -0.3 is 19.7 Å². The molecule has 0 saturated heterocycles. The molecule has 0 aromatic heterocycles. The van der Waals surface area contributed by atoms with E-state index in [0.717, 1.165) is 54.2 Å². The summed E-state index contributed by atoms with van der Waals surface area (Å²) in [5, 5.41) is 17.9. The van der Waals surface area contributed by atoms with Gasteiger partial charge >= 0.3 is 11.9 Å². The Bertz CT molecular complexity index is 1140. The number of aliphatic carboxylic acids is 2. The van der Waals surface area contributed by atoms with Crippen molar-refractivity contribution in [3.05, 3.63) is 53.1 Å². The summed E-state index contributed by atoms with van der Waals surface area (Å²) in [7, 11) is 1.63. The topological polar surface area (TPSA) is 93.1 Å². The normalized spacial score (nSPS) is 15.9. The first-order valence-electron chi connectivity index (χ1n) is 12.6. The molecule has 1 aliphatic rings. The van der Waals surface area contributed by atoms with Crippen LogP contribution in [0.2, 0.25) is 0 Å². The minimum atomic E-state index is -1.00. The summed E-state index contributed by atoms with van der Waals surface area (Å²) < 4.78 is 12.0. The average Bonchev–Trinajstić information content (AvgIpc) is 2.82. The predicted molar refractivity (Wildman–Crippen MR) is 142 cm³/mol. The van der Waals surface area contributed by atoms with Crippen molar-refractivity contribution in [3.8, 4) is 22.6 Å². The first-order valence-corrected chi connectivity index (χ1v) is 12.6. The lowest BCUT2D eigenvalue weighted by atomic mass is 9.62. The average molecular weight is 495 g/mol. The molecule has 1 aliphatic carbocycles. The third-order valence-corrected chi connectivity index (χ3v) is 7.18. The molecule has 0 heterocycles. The van der Waals surface area contributed by atoms with Crippen LogP contribution in [0.5, 0.6) is 11.5 Å². The summed E-state index contributed by atoms with van der Waals surface area (Å²) in [5.41, 5.74) is 5.09.